The van der Waals surface area contributed by atoms with E-state index in [9.17, 15) is 19.5 Å². The molecule has 2 aliphatic heterocycles. The number of fused-ring (bicyclic) bond motifs is 1. The fourth-order valence-electron chi connectivity index (χ4n) is 2.23. The van der Waals surface area contributed by atoms with Crippen LogP contribution in [-0.4, -0.2) is 38.9 Å². The molecule has 0 bridgehead atoms. The van der Waals surface area contributed by atoms with E-state index in [2.05, 4.69) is 14.9 Å². The van der Waals surface area contributed by atoms with Crippen molar-refractivity contribution < 1.29 is 19.4 Å². The minimum absolute atomic E-state index is 0.0419. The lowest BCUT2D eigenvalue weighted by Crippen LogP contribution is -2.25. The van der Waals surface area contributed by atoms with E-state index in [0.29, 0.717) is 0 Å². The van der Waals surface area contributed by atoms with Crippen LogP contribution in [0.1, 0.15) is 30.2 Å². The number of carboxylic acids is 1. The van der Waals surface area contributed by atoms with E-state index in [-0.39, 0.29) is 22.7 Å². The third-order valence-electron chi connectivity index (χ3n) is 3.19. The quantitative estimate of drug-likeness (QED) is 0.804. The molecule has 0 aromatic carbocycles. The number of esters is 1. The van der Waals surface area contributed by atoms with Gasteiger partial charge in [-0.3, -0.25) is 4.79 Å². The molecule has 0 unspecified atom stereocenters. The Hall–Kier alpha value is -2.64. The van der Waals surface area contributed by atoms with Gasteiger partial charge in [0.15, 0.2) is 0 Å². The summed E-state index contributed by atoms with van der Waals surface area (Å²) in [5, 5.41) is 15.4. The smallest absolute Gasteiger partial charge is 0.341 e. The van der Waals surface area contributed by atoms with Crippen molar-refractivity contribution >= 4 is 11.9 Å². The summed E-state index contributed by atoms with van der Waals surface area (Å²) in [6.45, 7) is 3.47. The van der Waals surface area contributed by atoms with Crippen molar-refractivity contribution in [2.45, 2.75) is 19.9 Å². The molecule has 112 valence electrons. The summed E-state index contributed by atoms with van der Waals surface area (Å²) in [4.78, 5) is 35.0. The van der Waals surface area contributed by atoms with Gasteiger partial charge in [0, 0.05) is 12.4 Å². The number of aromatic nitrogens is 3. The van der Waals surface area contributed by atoms with Crippen LogP contribution in [0.4, 0.5) is 0 Å². The normalized spacial score (nSPS) is 12.6. The summed E-state index contributed by atoms with van der Waals surface area (Å²) in [6.07, 6.45) is 2.72. The Kier molecular flexibility index (Phi) is 3.79. The van der Waals surface area contributed by atoms with Gasteiger partial charge in [-0.2, -0.15) is 5.10 Å². The first kappa shape index (κ1) is 14.8. The summed E-state index contributed by atoms with van der Waals surface area (Å²) in [5.74, 6) is -1.98. The minimum atomic E-state index is -1.05. The van der Waals surface area contributed by atoms with E-state index in [4.69, 9.17) is 0 Å². The number of carboxylic acid groups (broad SMARTS) is 1. The SMILES string of the molecule is COC(=O)c1cn([C@H](C(=O)O)C(C)C)cc2c(=O)[nH]nc1-2. The number of nitrogens with one attached hydrogen (secondary N) is 1. The van der Waals surface area contributed by atoms with Gasteiger partial charge < -0.3 is 14.4 Å². The van der Waals surface area contributed by atoms with Gasteiger partial charge in [0.1, 0.15) is 17.3 Å². The molecule has 0 aromatic rings. The zero-order chi connectivity index (χ0) is 15.7. The number of carbonyl (C=O) groups is 2. The third kappa shape index (κ3) is 2.51. The number of ether oxygens (including phenoxy) is 1. The number of hydrogen-bond acceptors (Lipinski definition) is 5. The van der Waals surface area contributed by atoms with E-state index in [1.807, 2.05) is 0 Å². The van der Waals surface area contributed by atoms with Crippen LogP contribution >= 0.6 is 0 Å². The van der Waals surface area contributed by atoms with Crippen molar-refractivity contribution in [2.24, 2.45) is 5.92 Å². The monoisotopic (exact) mass is 293 g/mol. The molecule has 2 aliphatic rings. The van der Waals surface area contributed by atoms with Gasteiger partial charge in [0.2, 0.25) is 0 Å². The van der Waals surface area contributed by atoms with E-state index in [1.165, 1.54) is 24.1 Å². The zero-order valence-corrected chi connectivity index (χ0v) is 11.8. The van der Waals surface area contributed by atoms with Gasteiger partial charge in [-0.25, -0.2) is 14.7 Å². The summed E-state index contributed by atoms with van der Waals surface area (Å²) >= 11 is 0. The first-order valence-corrected chi connectivity index (χ1v) is 6.27. The number of carbonyl (C=O) groups excluding carboxylic acids is 1. The van der Waals surface area contributed by atoms with E-state index >= 15 is 0 Å². The van der Waals surface area contributed by atoms with Crippen LogP contribution in [0.15, 0.2) is 17.2 Å². The summed E-state index contributed by atoms with van der Waals surface area (Å²) in [5.41, 5.74) is -0.140. The van der Waals surface area contributed by atoms with E-state index in [0.717, 1.165) is 0 Å². The minimum Gasteiger partial charge on any atom is -0.480 e. The molecule has 2 N–H and O–H groups in total. The molecule has 2 heterocycles. The molecule has 21 heavy (non-hydrogen) atoms. The Bertz CT molecular complexity index is 715. The van der Waals surface area contributed by atoms with Crippen molar-refractivity contribution in [3.8, 4) is 11.3 Å². The molecule has 0 aromatic heterocycles. The molecule has 0 radical (unpaired) electrons. The topological polar surface area (TPSA) is 114 Å². The molecule has 0 fully saturated rings. The largest absolute Gasteiger partial charge is 0.480 e. The second-order valence-corrected chi connectivity index (χ2v) is 4.95. The molecule has 0 spiro atoms. The molecule has 0 saturated carbocycles. The predicted octanol–water partition coefficient (Wildman–Crippen LogP) is 0.744. The van der Waals surface area contributed by atoms with Crippen molar-refractivity contribution in [2.75, 3.05) is 7.11 Å². The van der Waals surface area contributed by atoms with Crippen LogP contribution in [0.3, 0.4) is 0 Å². The van der Waals surface area contributed by atoms with Gasteiger partial charge in [0.05, 0.1) is 12.7 Å². The molecular weight excluding hydrogens is 278 g/mol. The zero-order valence-electron chi connectivity index (χ0n) is 11.8. The number of methoxy groups -OCH3 is 1. The van der Waals surface area contributed by atoms with Crippen molar-refractivity contribution in [1.29, 1.82) is 0 Å². The molecule has 0 amide bonds. The molecule has 1 atom stereocenters. The lowest BCUT2D eigenvalue weighted by molar-refractivity contribution is -0.142. The first-order chi connectivity index (χ1) is 9.86. The van der Waals surface area contributed by atoms with Crippen LogP contribution in [0, 0.1) is 5.92 Å². The Labute approximate surface area is 119 Å². The maximum Gasteiger partial charge on any atom is 0.341 e. The second kappa shape index (κ2) is 5.39. The number of pyridine rings is 1. The lowest BCUT2D eigenvalue weighted by Gasteiger charge is -2.21. The van der Waals surface area contributed by atoms with Crippen LogP contribution in [0.5, 0.6) is 0 Å². The third-order valence-corrected chi connectivity index (χ3v) is 3.19. The summed E-state index contributed by atoms with van der Waals surface area (Å²) < 4.78 is 5.99. The fourth-order valence-corrected chi connectivity index (χ4v) is 2.23. The Morgan fingerprint density at radius 3 is 2.57 bits per heavy atom. The van der Waals surface area contributed by atoms with Crippen molar-refractivity contribution in [3.63, 3.8) is 0 Å². The Morgan fingerprint density at radius 2 is 2.05 bits per heavy atom. The highest BCUT2D eigenvalue weighted by molar-refractivity contribution is 5.96. The van der Waals surface area contributed by atoms with Gasteiger partial charge in [-0.1, -0.05) is 13.8 Å². The second-order valence-electron chi connectivity index (χ2n) is 4.95. The van der Waals surface area contributed by atoms with E-state index < -0.39 is 23.5 Å². The van der Waals surface area contributed by atoms with Crippen molar-refractivity contribution in [3.05, 3.63) is 28.3 Å². The van der Waals surface area contributed by atoms with Gasteiger partial charge in [-0.15, -0.1) is 0 Å². The van der Waals surface area contributed by atoms with Gasteiger partial charge in [-0.05, 0) is 5.92 Å². The number of aromatic amines is 1. The molecule has 8 heteroatoms. The number of hydrogen-bond donors (Lipinski definition) is 2. The molecule has 0 saturated heterocycles. The number of rotatable bonds is 4. The molecule has 8 nitrogen and oxygen atoms in total. The number of aliphatic carboxylic acids is 1. The molecular formula is C13H15N3O5. The predicted molar refractivity (Wildman–Crippen MR) is 72.3 cm³/mol. The maximum atomic E-state index is 11.8. The van der Waals surface area contributed by atoms with Crippen LogP contribution < -0.4 is 5.56 Å². The standard InChI is InChI=1S/C13H15N3O5/c1-6(2)10(12(18)19)16-4-7-9(14-15-11(7)17)8(5-16)13(20)21-3/h4-6,10H,1-3H3,(H,15,17)(H,18,19)/t10-/m0/s1. The number of H-pyrrole nitrogens is 1. The van der Waals surface area contributed by atoms with Crippen LogP contribution in [0.25, 0.3) is 11.3 Å². The van der Waals surface area contributed by atoms with Crippen LogP contribution in [0.2, 0.25) is 0 Å². The van der Waals surface area contributed by atoms with E-state index in [1.54, 1.807) is 13.8 Å². The van der Waals surface area contributed by atoms with Gasteiger partial charge in [0.25, 0.3) is 5.56 Å². The van der Waals surface area contributed by atoms with Crippen LogP contribution in [-0.2, 0) is 9.53 Å². The van der Waals surface area contributed by atoms with Crippen molar-refractivity contribution in [1.82, 2.24) is 14.8 Å². The Morgan fingerprint density at radius 1 is 1.38 bits per heavy atom. The van der Waals surface area contributed by atoms with Gasteiger partial charge >= 0.3 is 11.9 Å². The summed E-state index contributed by atoms with van der Waals surface area (Å²) in [7, 11) is 1.20. The molecule has 0 aliphatic carbocycles. The summed E-state index contributed by atoms with van der Waals surface area (Å²) in [6, 6.07) is -0.910. The first-order valence-electron chi connectivity index (χ1n) is 6.27. The Balaban J connectivity index is 2.72. The highest BCUT2D eigenvalue weighted by atomic mass is 16.5. The average molecular weight is 293 g/mol. The fraction of sp³-hybridized carbons (Fsp3) is 0.385. The lowest BCUT2D eigenvalue weighted by atomic mass is 10.0. The maximum absolute atomic E-state index is 11.8. The average Bonchev–Trinajstić information content (AvgIpc) is 2.78. The highest BCUT2D eigenvalue weighted by Gasteiger charge is 2.28. The molecule has 2 rings (SSSR count). The highest BCUT2D eigenvalue weighted by Crippen LogP contribution is 2.25. The number of nitrogens with zero attached hydrogens (tertiary/aromatic N) is 2.